The Balaban J connectivity index is 2.24. The molecule has 2 aromatic rings. The van der Waals surface area contributed by atoms with Gasteiger partial charge in [0.1, 0.15) is 5.82 Å². The van der Waals surface area contributed by atoms with Gasteiger partial charge in [-0.1, -0.05) is 30.1 Å². The normalized spacial score (nSPS) is 10.5. The summed E-state index contributed by atoms with van der Waals surface area (Å²) in [5, 5.41) is 4.63. The number of halogens is 2. The van der Waals surface area contributed by atoms with Crippen molar-refractivity contribution in [2.45, 2.75) is 13.3 Å². The highest BCUT2D eigenvalue weighted by Gasteiger charge is 2.07. The monoisotopic (exact) mass is 288 g/mol. The zero-order valence-corrected chi connectivity index (χ0v) is 11.3. The number of nitrogen functional groups attached to an aromatic ring is 1. The summed E-state index contributed by atoms with van der Waals surface area (Å²) in [6.07, 6.45) is 0.807. The van der Waals surface area contributed by atoms with E-state index in [0.29, 0.717) is 20.9 Å². The molecule has 0 aliphatic carbocycles. The Morgan fingerprint density at radius 2 is 2.00 bits per heavy atom. The van der Waals surface area contributed by atoms with Gasteiger partial charge in [0.15, 0.2) is 0 Å². The Hall–Kier alpha value is -1.04. The van der Waals surface area contributed by atoms with Crippen LogP contribution in [0.1, 0.15) is 12.7 Å². The van der Waals surface area contributed by atoms with Crippen LogP contribution in [0.2, 0.25) is 10.0 Å². The molecule has 0 radical (unpaired) electrons. The molecule has 0 spiro atoms. The summed E-state index contributed by atoms with van der Waals surface area (Å²) in [5.41, 5.74) is 6.78. The molecule has 0 aliphatic rings. The molecule has 1 aromatic carbocycles. The van der Waals surface area contributed by atoms with Gasteiger partial charge in [-0.05, 0) is 12.1 Å². The first-order chi connectivity index (χ1) is 8.10. The lowest BCUT2D eigenvalue weighted by Crippen LogP contribution is -1.93. The van der Waals surface area contributed by atoms with Gasteiger partial charge in [-0.2, -0.15) is 4.37 Å². The predicted octanol–water partition coefficient (Wildman–Crippen LogP) is 3.73. The molecule has 0 unspecified atom stereocenters. The molecule has 2 rings (SSSR count). The molecular formula is C10H10Cl2N4S. The van der Waals surface area contributed by atoms with Crippen LogP contribution in [-0.2, 0) is 6.42 Å². The maximum atomic E-state index is 5.94. The van der Waals surface area contributed by atoms with Crippen molar-refractivity contribution in [3.63, 3.8) is 0 Å². The topological polar surface area (TPSA) is 63.8 Å². The standard InChI is InChI=1S/C10H10Cl2N4S/c1-2-8-15-10(17-16-8)14-5-3-6(11)9(13)7(12)4-5/h3-4H,2,13H2,1H3,(H,14,15,16). The lowest BCUT2D eigenvalue weighted by molar-refractivity contribution is 1.00. The van der Waals surface area contributed by atoms with E-state index in [1.165, 1.54) is 11.5 Å². The fraction of sp³-hybridized carbons (Fsp3) is 0.200. The summed E-state index contributed by atoms with van der Waals surface area (Å²) in [4.78, 5) is 4.28. The number of hydrogen-bond donors (Lipinski definition) is 2. The largest absolute Gasteiger partial charge is 0.396 e. The van der Waals surface area contributed by atoms with Crippen LogP contribution in [0.4, 0.5) is 16.5 Å². The summed E-state index contributed by atoms with van der Waals surface area (Å²) in [6, 6.07) is 3.41. The number of nitrogens with zero attached hydrogens (tertiary/aromatic N) is 2. The number of hydrogen-bond acceptors (Lipinski definition) is 5. The Labute approximate surface area is 113 Å². The summed E-state index contributed by atoms with van der Waals surface area (Å²) < 4.78 is 4.17. The molecule has 90 valence electrons. The van der Waals surface area contributed by atoms with Crippen molar-refractivity contribution in [3.05, 3.63) is 28.0 Å². The van der Waals surface area contributed by atoms with Gasteiger partial charge >= 0.3 is 0 Å². The first-order valence-electron chi connectivity index (χ1n) is 4.94. The first-order valence-corrected chi connectivity index (χ1v) is 6.47. The predicted molar refractivity (Wildman–Crippen MR) is 73.4 cm³/mol. The third-order valence-corrected chi connectivity index (χ3v) is 3.41. The van der Waals surface area contributed by atoms with E-state index in [0.717, 1.165) is 17.9 Å². The third-order valence-electron chi connectivity index (χ3n) is 2.11. The zero-order valence-electron chi connectivity index (χ0n) is 9.00. The fourth-order valence-corrected chi connectivity index (χ4v) is 2.39. The van der Waals surface area contributed by atoms with Crippen LogP contribution in [0.15, 0.2) is 12.1 Å². The second kappa shape index (κ2) is 5.08. The number of aryl methyl sites for hydroxylation is 1. The van der Waals surface area contributed by atoms with Crippen LogP contribution < -0.4 is 11.1 Å². The van der Waals surface area contributed by atoms with Gasteiger partial charge in [-0.15, -0.1) is 0 Å². The van der Waals surface area contributed by atoms with Gasteiger partial charge in [0, 0.05) is 23.6 Å². The maximum absolute atomic E-state index is 5.94. The summed E-state index contributed by atoms with van der Waals surface area (Å²) in [5.74, 6) is 0.810. The number of anilines is 3. The van der Waals surface area contributed by atoms with Crippen molar-refractivity contribution in [1.29, 1.82) is 0 Å². The minimum atomic E-state index is 0.380. The van der Waals surface area contributed by atoms with Crippen LogP contribution in [0.5, 0.6) is 0 Å². The van der Waals surface area contributed by atoms with Crippen LogP contribution >= 0.6 is 34.7 Å². The molecule has 3 N–H and O–H groups in total. The molecule has 0 saturated carbocycles. The van der Waals surface area contributed by atoms with Gasteiger partial charge < -0.3 is 11.1 Å². The average molecular weight is 289 g/mol. The molecule has 1 aromatic heterocycles. The Bertz CT molecular complexity index is 518. The summed E-state index contributed by atoms with van der Waals surface area (Å²) in [6.45, 7) is 2.00. The highest BCUT2D eigenvalue weighted by molar-refractivity contribution is 7.09. The number of benzene rings is 1. The van der Waals surface area contributed by atoms with E-state index in [-0.39, 0.29) is 0 Å². The van der Waals surface area contributed by atoms with Crippen molar-refractivity contribution in [2.24, 2.45) is 0 Å². The Morgan fingerprint density at radius 1 is 1.35 bits per heavy atom. The fourth-order valence-electron chi connectivity index (χ4n) is 1.23. The molecule has 1 heterocycles. The number of nitrogens with one attached hydrogen (secondary N) is 1. The second-order valence-corrected chi connectivity index (χ2v) is 4.91. The van der Waals surface area contributed by atoms with Gasteiger partial charge in [0.25, 0.3) is 0 Å². The van der Waals surface area contributed by atoms with E-state index >= 15 is 0 Å². The van der Waals surface area contributed by atoms with Crippen molar-refractivity contribution < 1.29 is 0 Å². The number of aromatic nitrogens is 2. The Kier molecular flexibility index (Phi) is 3.71. The zero-order chi connectivity index (χ0) is 12.4. The van der Waals surface area contributed by atoms with Crippen LogP contribution in [0.25, 0.3) is 0 Å². The molecule has 0 fully saturated rings. The van der Waals surface area contributed by atoms with E-state index in [2.05, 4.69) is 14.7 Å². The summed E-state index contributed by atoms with van der Waals surface area (Å²) in [7, 11) is 0. The Morgan fingerprint density at radius 3 is 2.53 bits per heavy atom. The van der Waals surface area contributed by atoms with Crippen LogP contribution in [-0.4, -0.2) is 9.36 Å². The lowest BCUT2D eigenvalue weighted by Gasteiger charge is -2.06. The molecule has 7 heteroatoms. The molecule has 0 bridgehead atoms. The first kappa shape index (κ1) is 12.4. The third kappa shape index (κ3) is 2.80. The highest BCUT2D eigenvalue weighted by atomic mass is 35.5. The van der Waals surface area contributed by atoms with E-state index < -0.39 is 0 Å². The molecule has 0 amide bonds. The maximum Gasteiger partial charge on any atom is 0.207 e. The van der Waals surface area contributed by atoms with E-state index in [9.17, 15) is 0 Å². The summed E-state index contributed by atoms with van der Waals surface area (Å²) >= 11 is 13.2. The van der Waals surface area contributed by atoms with E-state index in [1.807, 2.05) is 6.92 Å². The van der Waals surface area contributed by atoms with Gasteiger partial charge in [0.2, 0.25) is 5.13 Å². The second-order valence-electron chi connectivity index (χ2n) is 3.35. The minimum absolute atomic E-state index is 0.380. The van der Waals surface area contributed by atoms with Crippen molar-refractivity contribution in [2.75, 3.05) is 11.1 Å². The highest BCUT2D eigenvalue weighted by Crippen LogP contribution is 2.32. The molecule has 0 aliphatic heterocycles. The number of rotatable bonds is 3. The average Bonchev–Trinajstić information content (AvgIpc) is 2.73. The van der Waals surface area contributed by atoms with Gasteiger partial charge in [-0.25, -0.2) is 4.98 Å². The smallest absolute Gasteiger partial charge is 0.207 e. The van der Waals surface area contributed by atoms with E-state index in [4.69, 9.17) is 28.9 Å². The van der Waals surface area contributed by atoms with Gasteiger partial charge in [-0.3, -0.25) is 0 Å². The van der Waals surface area contributed by atoms with E-state index in [1.54, 1.807) is 12.1 Å². The quantitative estimate of drug-likeness (QED) is 0.845. The minimum Gasteiger partial charge on any atom is -0.396 e. The van der Waals surface area contributed by atoms with Crippen molar-refractivity contribution in [1.82, 2.24) is 9.36 Å². The molecule has 0 saturated heterocycles. The SMILES string of the molecule is CCc1nsc(Nc2cc(Cl)c(N)c(Cl)c2)n1. The number of nitrogens with two attached hydrogens (primary N) is 1. The van der Waals surface area contributed by atoms with Gasteiger partial charge in [0.05, 0.1) is 15.7 Å². The van der Waals surface area contributed by atoms with Crippen molar-refractivity contribution >= 4 is 51.2 Å². The van der Waals surface area contributed by atoms with Crippen LogP contribution in [0, 0.1) is 0 Å². The molecule has 0 atom stereocenters. The van der Waals surface area contributed by atoms with Crippen LogP contribution in [0.3, 0.4) is 0 Å². The lowest BCUT2D eigenvalue weighted by atomic mass is 10.3. The molecule has 17 heavy (non-hydrogen) atoms. The molecule has 4 nitrogen and oxygen atoms in total. The molecular weight excluding hydrogens is 279 g/mol. The van der Waals surface area contributed by atoms with Crippen molar-refractivity contribution in [3.8, 4) is 0 Å².